The summed E-state index contributed by atoms with van der Waals surface area (Å²) in [6.45, 7) is 0.447. The average molecular weight is 345 g/mol. The molecular formula is C17H16FN3O2S. The molecule has 5 nitrogen and oxygen atoms in total. The van der Waals surface area contributed by atoms with Crippen molar-refractivity contribution in [2.45, 2.75) is 17.4 Å². The molecule has 0 saturated heterocycles. The highest BCUT2D eigenvalue weighted by Crippen LogP contribution is 2.32. The maximum absolute atomic E-state index is 13.5. The van der Waals surface area contributed by atoms with Crippen LogP contribution in [0.15, 0.2) is 47.6 Å². The molecule has 2 heterocycles. The quantitative estimate of drug-likeness (QED) is 0.645. The van der Waals surface area contributed by atoms with E-state index in [-0.39, 0.29) is 18.2 Å². The minimum absolute atomic E-state index is 0.0235. The van der Waals surface area contributed by atoms with Crippen molar-refractivity contribution in [3.05, 3.63) is 54.0 Å². The monoisotopic (exact) mass is 345 g/mol. The average Bonchev–Trinajstić information content (AvgIpc) is 2.59. The highest BCUT2D eigenvalue weighted by molar-refractivity contribution is 7.99. The number of pyridine rings is 1. The van der Waals surface area contributed by atoms with Gasteiger partial charge in [0.05, 0.1) is 10.9 Å². The number of hydrogen-bond donors (Lipinski definition) is 2. The number of nitrogens with zero attached hydrogens (tertiary/aromatic N) is 1. The number of fused-ring (bicyclic) bond motifs is 1. The van der Waals surface area contributed by atoms with Crippen molar-refractivity contribution in [2.24, 2.45) is 0 Å². The zero-order chi connectivity index (χ0) is 16.9. The van der Waals surface area contributed by atoms with Gasteiger partial charge in [0.15, 0.2) is 0 Å². The van der Waals surface area contributed by atoms with Crippen LogP contribution in [0, 0.1) is 5.82 Å². The van der Waals surface area contributed by atoms with Gasteiger partial charge in [0.25, 0.3) is 0 Å². The van der Waals surface area contributed by atoms with E-state index >= 15 is 0 Å². The lowest BCUT2D eigenvalue weighted by Gasteiger charge is -2.24. The van der Waals surface area contributed by atoms with Gasteiger partial charge in [-0.1, -0.05) is 6.07 Å². The Hall–Kier alpha value is -2.41. The third kappa shape index (κ3) is 3.91. The van der Waals surface area contributed by atoms with Crippen LogP contribution < -0.4 is 10.6 Å². The van der Waals surface area contributed by atoms with Crippen molar-refractivity contribution in [2.75, 3.05) is 17.6 Å². The van der Waals surface area contributed by atoms with Crippen LogP contribution in [0.4, 0.5) is 10.1 Å². The number of aromatic nitrogens is 1. The lowest BCUT2D eigenvalue weighted by molar-refractivity contribution is -0.126. The van der Waals surface area contributed by atoms with Crippen LogP contribution in [-0.2, 0) is 9.59 Å². The summed E-state index contributed by atoms with van der Waals surface area (Å²) in [4.78, 5) is 28.3. The summed E-state index contributed by atoms with van der Waals surface area (Å²) in [6.07, 6.45) is 1.74. The number of hydrogen-bond acceptors (Lipinski definition) is 4. The van der Waals surface area contributed by atoms with Gasteiger partial charge in [-0.25, -0.2) is 9.37 Å². The Morgan fingerprint density at radius 2 is 2.25 bits per heavy atom. The fourth-order valence-corrected chi connectivity index (χ4v) is 3.28. The Bertz CT molecular complexity index is 755. The van der Waals surface area contributed by atoms with E-state index in [1.54, 1.807) is 6.20 Å². The first-order chi connectivity index (χ1) is 11.6. The van der Waals surface area contributed by atoms with Crippen LogP contribution >= 0.6 is 11.8 Å². The number of halogens is 1. The third-order valence-corrected chi connectivity index (χ3v) is 4.60. The van der Waals surface area contributed by atoms with Crippen molar-refractivity contribution in [3.8, 4) is 0 Å². The minimum atomic E-state index is -0.663. The lowest BCUT2D eigenvalue weighted by Crippen LogP contribution is -2.36. The molecule has 0 fully saturated rings. The van der Waals surface area contributed by atoms with Gasteiger partial charge >= 0.3 is 0 Å². The molecule has 2 aromatic rings. The van der Waals surface area contributed by atoms with Crippen molar-refractivity contribution < 1.29 is 14.0 Å². The molecule has 3 rings (SSSR count). The van der Waals surface area contributed by atoms with Gasteiger partial charge in [-0.3, -0.25) is 9.59 Å². The molecule has 0 spiro atoms. The van der Waals surface area contributed by atoms with Gasteiger partial charge in [0, 0.05) is 30.6 Å². The molecule has 0 unspecified atom stereocenters. The highest BCUT2D eigenvalue weighted by atomic mass is 32.2. The van der Waals surface area contributed by atoms with E-state index in [9.17, 15) is 14.0 Å². The van der Waals surface area contributed by atoms with Gasteiger partial charge in [-0.15, -0.1) is 11.8 Å². The van der Waals surface area contributed by atoms with Gasteiger partial charge in [0.2, 0.25) is 11.8 Å². The predicted molar refractivity (Wildman–Crippen MR) is 90.4 cm³/mol. The lowest BCUT2D eigenvalue weighted by atomic mass is 9.89. The molecule has 1 aromatic carbocycles. The molecule has 2 N–H and O–H groups in total. The van der Waals surface area contributed by atoms with Crippen LogP contribution in [0.25, 0.3) is 0 Å². The smallest absolute Gasteiger partial charge is 0.228 e. The molecule has 7 heteroatoms. The summed E-state index contributed by atoms with van der Waals surface area (Å²) in [5.74, 6) is -0.925. The number of thioether (sulfide) groups is 1. The maximum atomic E-state index is 13.5. The van der Waals surface area contributed by atoms with Gasteiger partial charge in [0.1, 0.15) is 5.82 Å². The Balaban J connectivity index is 1.59. The van der Waals surface area contributed by atoms with Crippen molar-refractivity contribution in [3.63, 3.8) is 0 Å². The molecular weight excluding hydrogens is 329 g/mol. The molecule has 24 heavy (non-hydrogen) atoms. The summed E-state index contributed by atoms with van der Waals surface area (Å²) >= 11 is 1.53. The second-order valence-electron chi connectivity index (χ2n) is 5.34. The molecule has 0 bridgehead atoms. The SMILES string of the molecule is O=C1C[C@@H](C(=O)NCCSc2ccccn2)c2cc(F)ccc2N1. The zero-order valence-electron chi connectivity index (χ0n) is 12.8. The number of anilines is 1. The molecule has 124 valence electrons. The maximum Gasteiger partial charge on any atom is 0.228 e. The topological polar surface area (TPSA) is 71.1 Å². The number of rotatable bonds is 5. The highest BCUT2D eigenvalue weighted by Gasteiger charge is 2.30. The van der Waals surface area contributed by atoms with Crippen molar-refractivity contribution in [1.29, 1.82) is 0 Å². The Morgan fingerprint density at radius 3 is 3.04 bits per heavy atom. The second kappa shape index (κ2) is 7.44. The van der Waals surface area contributed by atoms with Crippen molar-refractivity contribution >= 4 is 29.3 Å². The summed E-state index contributed by atoms with van der Waals surface area (Å²) in [7, 11) is 0. The molecule has 1 aromatic heterocycles. The first-order valence-corrected chi connectivity index (χ1v) is 8.53. The van der Waals surface area contributed by atoms with E-state index in [1.165, 1.54) is 30.0 Å². The van der Waals surface area contributed by atoms with E-state index in [0.29, 0.717) is 23.5 Å². The van der Waals surface area contributed by atoms with E-state index < -0.39 is 11.7 Å². The van der Waals surface area contributed by atoms with Gasteiger partial charge < -0.3 is 10.6 Å². The molecule has 0 saturated carbocycles. The standard InChI is InChI=1S/C17H16FN3O2S/c18-11-4-5-14-12(9-11)13(10-15(22)21-14)17(23)20-7-8-24-16-3-1-2-6-19-16/h1-6,9,13H,7-8,10H2,(H,20,23)(H,21,22)/t13-/m1/s1. The van der Waals surface area contributed by atoms with Crippen LogP contribution in [0.3, 0.4) is 0 Å². The molecule has 1 aliphatic heterocycles. The zero-order valence-corrected chi connectivity index (χ0v) is 13.6. The number of benzene rings is 1. The second-order valence-corrected chi connectivity index (χ2v) is 6.46. The van der Waals surface area contributed by atoms with Crippen LogP contribution in [0.1, 0.15) is 17.9 Å². The normalized spacial score (nSPS) is 16.2. The first kappa shape index (κ1) is 16.4. The molecule has 0 radical (unpaired) electrons. The fourth-order valence-electron chi connectivity index (χ4n) is 2.55. The predicted octanol–water partition coefficient (Wildman–Crippen LogP) is 2.55. The number of amides is 2. The number of carbonyl (C=O) groups excluding carboxylic acids is 2. The van der Waals surface area contributed by atoms with Gasteiger partial charge in [-0.05, 0) is 35.9 Å². The van der Waals surface area contributed by atoms with E-state index in [4.69, 9.17) is 0 Å². The Morgan fingerprint density at radius 1 is 1.38 bits per heavy atom. The van der Waals surface area contributed by atoms with Crippen LogP contribution in [0.5, 0.6) is 0 Å². The summed E-state index contributed by atoms with van der Waals surface area (Å²) < 4.78 is 13.5. The van der Waals surface area contributed by atoms with Crippen molar-refractivity contribution in [1.82, 2.24) is 10.3 Å². The fraction of sp³-hybridized carbons (Fsp3) is 0.235. The number of carbonyl (C=O) groups is 2. The molecule has 1 atom stereocenters. The molecule has 2 amide bonds. The third-order valence-electron chi connectivity index (χ3n) is 3.66. The summed E-state index contributed by atoms with van der Waals surface area (Å²) in [5.41, 5.74) is 1.01. The number of nitrogens with one attached hydrogen (secondary N) is 2. The van der Waals surface area contributed by atoms with Crippen LogP contribution in [0.2, 0.25) is 0 Å². The van der Waals surface area contributed by atoms with E-state index in [2.05, 4.69) is 15.6 Å². The Labute approximate surface area is 143 Å². The Kier molecular flexibility index (Phi) is 5.10. The summed E-state index contributed by atoms with van der Waals surface area (Å²) in [6, 6.07) is 9.71. The van der Waals surface area contributed by atoms with Crippen LogP contribution in [-0.4, -0.2) is 29.1 Å². The first-order valence-electron chi connectivity index (χ1n) is 7.54. The largest absolute Gasteiger partial charge is 0.355 e. The van der Waals surface area contributed by atoms with E-state index in [1.807, 2.05) is 18.2 Å². The minimum Gasteiger partial charge on any atom is -0.355 e. The van der Waals surface area contributed by atoms with E-state index in [0.717, 1.165) is 5.03 Å². The molecule has 1 aliphatic rings. The summed E-state index contributed by atoms with van der Waals surface area (Å²) in [5, 5.41) is 6.36. The molecule has 0 aliphatic carbocycles. The van der Waals surface area contributed by atoms with Gasteiger partial charge in [-0.2, -0.15) is 0 Å².